The van der Waals surface area contributed by atoms with Crippen LogP contribution in [0.5, 0.6) is 0 Å². The number of benzene rings is 1. The Kier molecular flexibility index (Phi) is 5.85. The average Bonchev–Trinajstić information content (AvgIpc) is 2.90. The van der Waals surface area contributed by atoms with Gasteiger partial charge in [0.1, 0.15) is 0 Å². The summed E-state index contributed by atoms with van der Waals surface area (Å²) in [5.74, 6) is 0.927. The summed E-state index contributed by atoms with van der Waals surface area (Å²) in [7, 11) is 5.97. The van der Waals surface area contributed by atoms with Crippen LogP contribution in [0.1, 0.15) is 22.4 Å². The number of hydrogen-bond donors (Lipinski definition) is 1. The summed E-state index contributed by atoms with van der Waals surface area (Å²) in [4.78, 5) is 6.54. The van der Waals surface area contributed by atoms with E-state index < -0.39 is 0 Å². The maximum Gasteiger partial charge on any atom is 0.193 e. The minimum absolute atomic E-state index is 0.840. The van der Waals surface area contributed by atoms with E-state index in [1.807, 2.05) is 7.05 Å². The fourth-order valence-corrected chi connectivity index (χ4v) is 2.80. The van der Waals surface area contributed by atoms with Crippen molar-refractivity contribution in [1.29, 1.82) is 0 Å². The van der Waals surface area contributed by atoms with Crippen molar-refractivity contribution < 1.29 is 0 Å². The molecule has 0 saturated carbocycles. The lowest BCUT2D eigenvalue weighted by Gasteiger charge is -2.22. The third-order valence-corrected chi connectivity index (χ3v) is 4.20. The van der Waals surface area contributed by atoms with Gasteiger partial charge in [0.05, 0.1) is 6.54 Å². The number of rotatable bonds is 5. The second-order valence-corrected chi connectivity index (χ2v) is 6.12. The molecule has 1 aromatic heterocycles. The van der Waals surface area contributed by atoms with Gasteiger partial charge >= 0.3 is 0 Å². The lowest BCUT2D eigenvalue weighted by atomic mass is 10.0. The van der Waals surface area contributed by atoms with Gasteiger partial charge in [0.2, 0.25) is 0 Å². The van der Waals surface area contributed by atoms with E-state index in [0.717, 1.165) is 25.5 Å². The molecule has 0 amide bonds. The number of guanidine groups is 1. The van der Waals surface area contributed by atoms with Gasteiger partial charge in [-0.25, -0.2) is 0 Å². The largest absolute Gasteiger partial charge is 0.356 e. The molecule has 0 aliphatic heterocycles. The van der Waals surface area contributed by atoms with Crippen LogP contribution in [-0.2, 0) is 20.0 Å². The molecule has 0 spiro atoms. The van der Waals surface area contributed by atoms with Crippen LogP contribution in [-0.4, -0.2) is 36.1 Å². The number of aryl methyl sites for hydroxylation is 3. The van der Waals surface area contributed by atoms with E-state index in [0.29, 0.717) is 0 Å². The zero-order chi connectivity index (χ0) is 16.8. The van der Waals surface area contributed by atoms with Gasteiger partial charge in [-0.15, -0.1) is 0 Å². The lowest BCUT2D eigenvalue weighted by molar-refractivity contribution is 0.462. The predicted octanol–water partition coefficient (Wildman–Crippen LogP) is 2.89. The summed E-state index contributed by atoms with van der Waals surface area (Å²) in [6.07, 6.45) is 3.07. The standard InChI is InChI=1S/C19H28N4/c1-15-8-9-17(16(2)13-15)10-11-21-19(20-3)23(5)14-18-7-6-12-22(18)4/h6-9,12-13H,10-11,14H2,1-5H3,(H,20,21). The molecule has 0 fully saturated rings. The number of nitrogens with zero attached hydrogens (tertiary/aromatic N) is 3. The second kappa shape index (κ2) is 7.86. The van der Waals surface area contributed by atoms with E-state index in [-0.39, 0.29) is 0 Å². The van der Waals surface area contributed by atoms with Crippen LogP contribution in [0.2, 0.25) is 0 Å². The Labute approximate surface area is 139 Å². The minimum atomic E-state index is 0.840. The normalized spacial score (nSPS) is 11.6. The number of aliphatic imine (C=N–C) groups is 1. The Bertz CT molecular complexity index is 670. The molecule has 0 aliphatic carbocycles. The summed E-state index contributed by atoms with van der Waals surface area (Å²) in [5.41, 5.74) is 5.34. The molecule has 2 rings (SSSR count). The van der Waals surface area contributed by atoms with Crippen LogP contribution in [0, 0.1) is 13.8 Å². The average molecular weight is 312 g/mol. The number of nitrogens with one attached hydrogen (secondary N) is 1. The SMILES string of the molecule is CN=C(NCCc1ccc(C)cc1C)N(C)Cc1cccn1C. The fourth-order valence-electron chi connectivity index (χ4n) is 2.80. The highest BCUT2D eigenvalue weighted by Gasteiger charge is 2.08. The van der Waals surface area contributed by atoms with Crippen molar-refractivity contribution in [2.45, 2.75) is 26.8 Å². The maximum atomic E-state index is 4.39. The van der Waals surface area contributed by atoms with Gasteiger partial charge < -0.3 is 14.8 Å². The minimum Gasteiger partial charge on any atom is -0.356 e. The van der Waals surface area contributed by atoms with E-state index in [1.165, 1.54) is 22.4 Å². The summed E-state index contributed by atoms with van der Waals surface area (Å²) in [6.45, 7) is 6.04. The molecule has 2 aromatic rings. The van der Waals surface area contributed by atoms with Crippen molar-refractivity contribution in [3.63, 3.8) is 0 Å². The molecule has 4 heteroatoms. The van der Waals surface area contributed by atoms with Crippen molar-refractivity contribution in [2.75, 3.05) is 20.6 Å². The molecule has 1 N–H and O–H groups in total. The Morgan fingerprint density at radius 2 is 2.04 bits per heavy atom. The maximum absolute atomic E-state index is 4.39. The van der Waals surface area contributed by atoms with Gasteiger partial charge in [-0.3, -0.25) is 4.99 Å². The summed E-state index contributed by atoms with van der Waals surface area (Å²) in [6, 6.07) is 10.9. The zero-order valence-electron chi connectivity index (χ0n) is 14.9. The molecule has 1 heterocycles. The topological polar surface area (TPSA) is 32.6 Å². The Hall–Kier alpha value is -2.23. The van der Waals surface area contributed by atoms with Crippen LogP contribution < -0.4 is 5.32 Å². The van der Waals surface area contributed by atoms with E-state index in [9.17, 15) is 0 Å². The fraction of sp³-hybridized carbons (Fsp3) is 0.421. The van der Waals surface area contributed by atoms with E-state index >= 15 is 0 Å². The molecule has 0 aliphatic rings. The first-order valence-electron chi connectivity index (χ1n) is 8.09. The van der Waals surface area contributed by atoms with Crippen molar-refractivity contribution in [2.24, 2.45) is 12.0 Å². The summed E-state index contributed by atoms with van der Waals surface area (Å²) < 4.78 is 2.14. The van der Waals surface area contributed by atoms with Crippen molar-refractivity contribution in [3.05, 3.63) is 58.9 Å². The molecule has 23 heavy (non-hydrogen) atoms. The first kappa shape index (κ1) is 17.1. The second-order valence-electron chi connectivity index (χ2n) is 6.12. The van der Waals surface area contributed by atoms with Gasteiger partial charge in [0.15, 0.2) is 5.96 Å². The number of aromatic nitrogens is 1. The molecule has 0 unspecified atom stereocenters. The molecule has 4 nitrogen and oxygen atoms in total. The van der Waals surface area contributed by atoms with Crippen LogP contribution in [0.25, 0.3) is 0 Å². The van der Waals surface area contributed by atoms with E-state index in [1.54, 1.807) is 0 Å². The van der Waals surface area contributed by atoms with Crippen molar-refractivity contribution >= 4 is 5.96 Å². The van der Waals surface area contributed by atoms with Crippen LogP contribution in [0.4, 0.5) is 0 Å². The molecule has 0 saturated heterocycles. The molecule has 0 radical (unpaired) electrons. The lowest BCUT2D eigenvalue weighted by Crippen LogP contribution is -2.39. The van der Waals surface area contributed by atoms with E-state index in [4.69, 9.17) is 0 Å². The predicted molar refractivity (Wildman–Crippen MR) is 97.9 cm³/mol. The van der Waals surface area contributed by atoms with Gasteiger partial charge in [-0.05, 0) is 43.5 Å². The summed E-state index contributed by atoms with van der Waals surface area (Å²) in [5, 5.41) is 3.46. The highest BCUT2D eigenvalue weighted by molar-refractivity contribution is 5.79. The number of hydrogen-bond acceptors (Lipinski definition) is 1. The monoisotopic (exact) mass is 312 g/mol. The Morgan fingerprint density at radius 3 is 2.65 bits per heavy atom. The molecule has 1 aromatic carbocycles. The first-order valence-corrected chi connectivity index (χ1v) is 8.09. The van der Waals surface area contributed by atoms with Gasteiger partial charge in [0.25, 0.3) is 0 Å². The van der Waals surface area contributed by atoms with Gasteiger partial charge in [0, 0.05) is 39.6 Å². The molecule has 124 valence electrons. The third-order valence-electron chi connectivity index (χ3n) is 4.20. The smallest absolute Gasteiger partial charge is 0.193 e. The Morgan fingerprint density at radius 1 is 1.26 bits per heavy atom. The quantitative estimate of drug-likeness (QED) is 0.680. The van der Waals surface area contributed by atoms with Gasteiger partial charge in [-0.2, -0.15) is 0 Å². The molecule has 0 bridgehead atoms. The highest BCUT2D eigenvalue weighted by atomic mass is 15.3. The van der Waals surface area contributed by atoms with Crippen LogP contribution in [0.3, 0.4) is 0 Å². The molecular formula is C19H28N4. The van der Waals surface area contributed by atoms with Crippen molar-refractivity contribution in [1.82, 2.24) is 14.8 Å². The van der Waals surface area contributed by atoms with Crippen LogP contribution in [0.15, 0.2) is 41.5 Å². The zero-order valence-corrected chi connectivity index (χ0v) is 14.9. The summed E-state index contributed by atoms with van der Waals surface area (Å²) >= 11 is 0. The first-order chi connectivity index (χ1) is 11.0. The van der Waals surface area contributed by atoms with Gasteiger partial charge in [-0.1, -0.05) is 23.8 Å². The van der Waals surface area contributed by atoms with Crippen molar-refractivity contribution in [3.8, 4) is 0 Å². The van der Waals surface area contributed by atoms with E-state index in [2.05, 4.69) is 84.2 Å². The Balaban J connectivity index is 1.88. The third kappa shape index (κ3) is 4.62. The molecular weight excluding hydrogens is 284 g/mol. The highest BCUT2D eigenvalue weighted by Crippen LogP contribution is 2.10. The molecule has 0 atom stereocenters. The van der Waals surface area contributed by atoms with Crippen LogP contribution >= 0.6 is 0 Å².